The maximum atomic E-state index is 11.9. The van der Waals surface area contributed by atoms with Crippen LogP contribution in [0.2, 0.25) is 13.7 Å². The zero-order valence-corrected chi connectivity index (χ0v) is 15.2. The van der Waals surface area contributed by atoms with Crippen LogP contribution in [-0.2, 0) is 0 Å². The second-order valence-corrected chi connectivity index (χ2v) is 7.94. The van der Waals surface area contributed by atoms with Crippen LogP contribution in [0.5, 0.6) is 0 Å². The lowest BCUT2D eigenvalue weighted by Gasteiger charge is -2.05. The van der Waals surface area contributed by atoms with Gasteiger partial charge in [-0.15, -0.1) is 22.7 Å². The molecule has 9 heteroatoms. The maximum absolute atomic E-state index is 11.9. The van der Waals surface area contributed by atoms with E-state index in [1.165, 1.54) is 22.7 Å². The highest BCUT2D eigenvalue weighted by Gasteiger charge is 2.13. The van der Waals surface area contributed by atoms with Crippen LogP contribution in [-0.4, -0.2) is 11.0 Å². The number of thiophene rings is 1. The summed E-state index contributed by atoms with van der Waals surface area (Å²) in [5, 5.41) is 8.24. The van der Waals surface area contributed by atoms with Gasteiger partial charge in [0.15, 0.2) is 5.13 Å². The fourth-order valence-corrected chi connectivity index (χ4v) is 4.08. The fraction of sp³-hybridized carbons (Fsp3) is 0. The first-order valence-corrected chi connectivity index (χ1v) is 9.08. The second kappa shape index (κ2) is 7.07. The highest BCUT2D eigenvalue weighted by Crippen LogP contribution is 2.38. The third-order valence-corrected chi connectivity index (χ3v) is 5.26. The summed E-state index contributed by atoms with van der Waals surface area (Å²) >= 11 is 20.4. The molecule has 2 heterocycles. The van der Waals surface area contributed by atoms with Crippen LogP contribution in [0.4, 0.5) is 15.6 Å². The average molecular weight is 405 g/mol. The summed E-state index contributed by atoms with van der Waals surface area (Å²) in [5.41, 5.74) is 2.06. The molecule has 0 aliphatic rings. The molecule has 3 rings (SSSR count). The van der Waals surface area contributed by atoms with E-state index in [0.29, 0.717) is 30.2 Å². The fourth-order valence-electron chi connectivity index (χ4n) is 1.76. The molecule has 23 heavy (non-hydrogen) atoms. The molecule has 0 fully saturated rings. The van der Waals surface area contributed by atoms with E-state index in [-0.39, 0.29) is 6.03 Å². The molecule has 0 spiro atoms. The van der Waals surface area contributed by atoms with Gasteiger partial charge in [-0.25, -0.2) is 9.78 Å². The zero-order valence-electron chi connectivity index (χ0n) is 11.3. The number of halogens is 3. The van der Waals surface area contributed by atoms with Crippen LogP contribution in [0.25, 0.3) is 11.3 Å². The average Bonchev–Trinajstić information content (AvgIpc) is 3.07. The van der Waals surface area contributed by atoms with Crippen LogP contribution in [0.3, 0.4) is 0 Å². The molecule has 0 aliphatic carbocycles. The highest BCUT2D eigenvalue weighted by molar-refractivity contribution is 7.20. The Morgan fingerprint density at radius 1 is 1.09 bits per heavy atom. The normalized spacial score (nSPS) is 10.6. The Bertz CT molecular complexity index is 845. The Kier molecular flexibility index (Phi) is 5.08. The monoisotopic (exact) mass is 403 g/mol. The molecule has 0 saturated carbocycles. The lowest BCUT2D eigenvalue weighted by Crippen LogP contribution is -2.19. The molecule has 0 atom stereocenters. The SMILES string of the molecule is O=C(Nc1ccc(Cl)cc1)Nc1nc(-c2cc(Cl)sc2Cl)cs1. The number of carbonyl (C=O) groups is 1. The molecule has 3 aromatic rings. The molecular formula is C14H8Cl3N3OS2. The molecular weight excluding hydrogens is 397 g/mol. The third-order valence-electron chi connectivity index (χ3n) is 2.76. The molecule has 2 aromatic heterocycles. The first-order chi connectivity index (χ1) is 11.0. The number of urea groups is 1. The van der Waals surface area contributed by atoms with Crippen LogP contribution in [0.1, 0.15) is 0 Å². The summed E-state index contributed by atoms with van der Waals surface area (Å²) < 4.78 is 1.16. The zero-order chi connectivity index (χ0) is 16.4. The van der Waals surface area contributed by atoms with Gasteiger partial charge in [-0.05, 0) is 30.3 Å². The molecule has 118 valence electrons. The number of anilines is 2. The van der Waals surface area contributed by atoms with Gasteiger partial charge in [0.2, 0.25) is 0 Å². The number of aromatic nitrogens is 1. The van der Waals surface area contributed by atoms with Crippen molar-refractivity contribution in [3.05, 3.63) is 49.4 Å². The summed E-state index contributed by atoms with van der Waals surface area (Å²) in [6.07, 6.45) is 0. The van der Waals surface area contributed by atoms with Crippen molar-refractivity contribution in [2.24, 2.45) is 0 Å². The minimum Gasteiger partial charge on any atom is -0.308 e. The van der Waals surface area contributed by atoms with Gasteiger partial charge in [0.1, 0.15) is 4.34 Å². The Morgan fingerprint density at radius 2 is 1.83 bits per heavy atom. The Hall–Kier alpha value is -1.31. The van der Waals surface area contributed by atoms with Crippen molar-refractivity contribution in [3.8, 4) is 11.3 Å². The summed E-state index contributed by atoms with van der Waals surface area (Å²) in [7, 11) is 0. The standard InChI is InChI=1S/C14H8Cl3N3OS2/c15-7-1-3-8(4-2-7)18-13(21)20-14-19-10(6-22-14)9-5-11(16)23-12(9)17/h1-6H,(H2,18,19,20,21). The highest BCUT2D eigenvalue weighted by atomic mass is 35.5. The van der Waals surface area contributed by atoms with Gasteiger partial charge in [0.25, 0.3) is 0 Å². The first kappa shape index (κ1) is 16.5. The molecule has 0 saturated heterocycles. The van der Waals surface area contributed by atoms with Gasteiger partial charge in [0, 0.05) is 21.7 Å². The third kappa shape index (κ3) is 4.16. The molecule has 0 bridgehead atoms. The van der Waals surface area contributed by atoms with E-state index in [9.17, 15) is 4.79 Å². The summed E-state index contributed by atoms with van der Waals surface area (Å²) in [6, 6.07) is 8.18. The molecule has 4 nitrogen and oxygen atoms in total. The summed E-state index contributed by atoms with van der Waals surface area (Å²) in [6.45, 7) is 0. The number of thiazole rings is 1. The predicted octanol–water partition coefficient (Wildman–Crippen LogP) is 6.48. The van der Waals surface area contributed by atoms with E-state index < -0.39 is 0 Å². The summed E-state index contributed by atoms with van der Waals surface area (Å²) in [4.78, 5) is 16.3. The number of nitrogens with one attached hydrogen (secondary N) is 2. The maximum Gasteiger partial charge on any atom is 0.325 e. The minimum absolute atomic E-state index is 0.386. The number of hydrogen-bond acceptors (Lipinski definition) is 4. The number of carbonyl (C=O) groups excluding carboxylic acids is 1. The molecule has 2 N–H and O–H groups in total. The molecule has 0 aliphatic heterocycles. The van der Waals surface area contributed by atoms with Gasteiger partial charge in [-0.2, -0.15) is 0 Å². The smallest absolute Gasteiger partial charge is 0.308 e. The number of hydrogen-bond donors (Lipinski definition) is 2. The first-order valence-electron chi connectivity index (χ1n) is 6.25. The predicted molar refractivity (Wildman–Crippen MR) is 99.5 cm³/mol. The van der Waals surface area contributed by atoms with Gasteiger partial charge in [-0.1, -0.05) is 34.8 Å². The lowest BCUT2D eigenvalue weighted by atomic mass is 10.3. The van der Waals surface area contributed by atoms with Crippen molar-refractivity contribution in [1.82, 2.24) is 4.98 Å². The van der Waals surface area contributed by atoms with Crippen LogP contribution in [0.15, 0.2) is 35.7 Å². The molecule has 0 radical (unpaired) electrons. The number of benzene rings is 1. The van der Waals surface area contributed by atoms with Crippen molar-refractivity contribution in [2.75, 3.05) is 10.6 Å². The topological polar surface area (TPSA) is 54.0 Å². The van der Waals surface area contributed by atoms with Crippen molar-refractivity contribution < 1.29 is 4.79 Å². The van der Waals surface area contributed by atoms with E-state index in [4.69, 9.17) is 34.8 Å². The van der Waals surface area contributed by atoms with E-state index in [1.807, 2.05) is 5.38 Å². The number of amides is 2. The van der Waals surface area contributed by atoms with E-state index in [2.05, 4.69) is 15.6 Å². The Balaban J connectivity index is 1.68. The largest absolute Gasteiger partial charge is 0.325 e. The lowest BCUT2D eigenvalue weighted by molar-refractivity contribution is 0.262. The Labute approximate surface area is 155 Å². The van der Waals surface area contributed by atoms with Gasteiger partial charge in [-0.3, -0.25) is 5.32 Å². The van der Waals surface area contributed by atoms with Crippen molar-refractivity contribution in [3.63, 3.8) is 0 Å². The van der Waals surface area contributed by atoms with Crippen molar-refractivity contribution in [1.29, 1.82) is 0 Å². The van der Waals surface area contributed by atoms with Gasteiger partial charge >= 0.3 is 6.03 Å². The second-order valence-electron chi connectivity index (χ2n) is 4.36. The van der Waals surface area contributed by atoms with E-state index >= 15 is 0 Å². The van der Waals surface area contributed by atoms with E-state index in [0.717, 1.165) is 5.56 Å². The van der Waals surface area contributed by atoms with Crippen molar-refractivity contribution >= 4 is 74.3 Å². The van der Waals surface area contributed by atoms with Crippen LogP contribution >= 0.6 is 57.5 Å². The van der Waals surface area contributed by atoms with Gasteiger partial charge in [0.05, 0.1) is 10.0 Å². The Morgan fingerprint density at radius 3 is 2.48 bits per heavy atom. The quantitative estimate of drug-likeness (QED) is 0.525. The van der Waals surface area contributed by atoms with Crippen LogP contribution < -0.4 is 10.6 Å². The summed E-state index contributed by atoms with van der Waals surface area (Å²) in [5.74, 6) is 0. The molecule has 1 aromatic carbocycles. The number of rotatable bonds is 3. The number of nitrogens with zero attached hydrogens (tertiary/aromatic N) is 1. The van der Waals surface area contributed by atoms with Crippen LogP contribution in [0, 0.1) is 0 Å². The minimum atomic E-state index is -0.386. The van der Waals surface area contributed by atoms with Gasteiger partial charge < -0.3 is 5.32 Å². The van der Waals surface area contributed by atoms with E-state index in [1.54, 1.807) is 30.3 Å². The van der Waals surface area contributed by atoms with Crippen molar-refractivity contribution in [2.45, 2.75) is 0 Å². The molecule has 0 unspecified atom stereocenters. The molecule has 2 amide bonds.